The van der Waals surface area contributed by atoms with Gasteiger partial charge in [0.2, 0.25) is 0 Å². The molecule has 1 atom stereocenters. The van der Waals surface area contributed by atoms with Gasteiger partial charge in [-0.15, -0.1) is 0 Å². The highest BCUT2D eigenvalue weighted by Crippen LogP contribution is 2.13. The molecule has 2 heterocycles. The van der Waals surface area contributed by atoms with Crippen molar-refractivity contribution in [2.75, 3.05) is 34.8 Å². The molecule has 30 heavy (non-hydrogen) atoms. The van der Waals surface area contributed by atoms with Crippen molar-refractivity contribution in [1.82, 2.24) is 30.3 Å². The van der Waals surface area contributed by atoms with Crippen LogP contribution >= 0.6 is 0 Å². The van der Waals surface area contributed by atoms with Gasteiger partial charge in [0.1, 0.15) is 12.4 Å². The van der Waals surface area contributed by atoms with Gasteiger partial charge >= 0.3 is 0 Å². The molecule has 0 bridgehead atoms. The number of methoxy groups -OCH3 is 1. The number of benzene rings is 1. The van der Waals surface area contributed by atoms with E-state index in [9.17, 15) is 4.79 Å². The minimum absolute atomic E-state index is 0.0146. The number of aromatic nitrogens is 3. The van der Waals surface area contributed by atoms with Crippen molar-refractivity contribution in [2.24, 2.45) is 4.99 Å². The number of rotatable bonds is 7. The Balaban J connectivity index is 1.50. The average Bonchev–Trinajstić information content (AvgIpc) is 3.14. The van der Waals surface area contributed by atoms with Crippen molar-refractivity contribution >= 4 is 11.9 Å². The molecule has 1 aliphatic rings. The number of hydrogen-bond donors (Lipinski definition) is 2. The van der Waals surface area contributed by atoms with Gasteiger partial charge in [-0.1, -0.05) is 12.1 Å². The van der Waals surface area contributed by atoms with Crippen molar-refractivity contribution < 1.29 is 9.53 Å². The van der Waals surface area contributed by atoms with Crippen molar-refractivity contribution in [3.05, 3.63) is 47.0 Å². The Kier molecular flexibility index (Phi) is 7.40. The maximum absolute atomic E-state index is 12.1. The Morgan fingerprint density at radius 3 is 2.97 bits per heavy atom. The molecule has 0 aliphatic carbocycles. The lowest BCUT2D eigenvalue weighted by molar-refractivity contribution is 0.0827. The number of fused-ring (bicyclic) bond motifs is 1. The van der Waals surface area contributed by atoms with E-state index >= 15 is 0 Å². The Hall–Kier alpha value is -2.94. The second-order valence-corrected chi connectivity index (χ2v) is 7.59. The van der Waals surface area contributed by atoms with Crippen molar-refractivity contribution in [1.29, 1.82) is 0 Å². The van der Waals surface area contributed by atoms with Crippen LogP contribution in [0.4, 0.5) is 0 Å². The van der Waals surface area contributed by atoms with Crippen molar-refractivity contribution in [2.45, 2.75) is 38.5 Å². The lowest BCUT2D eigenvalue weighted by Crippen LogP contribution is -2.47. The van der Waals surface area contributed by atoms with Gasteiger partial charge in [-0.2, -0.15) is 5.10 Å². The van der Waals surface area contributed by atoms with Gasteiger partial charge in [0.15, 0.2) is 11.8 Å². The lowest BCUT2D eigenvalue weighted by Gasteiger charge is -2.25. The van der Waals surface area contributed by atoms with Crippen LogP contribution in [0.15, 0.2) is 29.3 Å². The van der Waals surface area contributed by atoms with Crippen LogP contribution < -0.4 is 10.6 Å². The summed E-state index contributed by atoms with van der Waals surface area (Å²) in [7, 11) is 6.94. The SMILES string of the molecule is CN=C(NCCc1cccc(C(=O)N(C)C)c1)NC1CCc2nc(COC)nn2C1. The number of hydrogen-bond acceptors (Lipinski definition) is 5. The Labute approximate surface area is 177 Å². The van der Waals surface area contributed by atoms with E-state index in [2.05, 4.69) is 25.7 Å². The van der Waals surface area contributed by atoms with Crippen LogP contribution in [0.3, 0.4) is 0 Å². The minimum atomic E-state index is 0.0146. The van der Waals surface area contributed by atoms with Gasteiger partial charge in [-0.25, -0.2) is 9.67 Å². The molecule has 0 fully saturated rings. The predicted octanol–water partition coefficient (Wildman–Crippen LogP) is 0.849. The zero-order chi connectivity index (χ0) is 21.5. The van der Waals surface area contributed by atoms with Crippen LogP contribution in [0.25, 0.3) is 0 Å². The van der Waals surface area contributed by atoms with Gasteiger partial charge in [0, 0.05) is 52.8 Å². The summed E-state index contributed by atoms with van der Waals surface area (Å²) in [4.78, 5) is 22.6. The summed E-state index contributed by atoms with van der Waals surface area (Å²) < 4.78 is 7.08. The fraction of sp³-hybridized carbons (Fsp3) is 0.524. The zero-order valence-electron chi connectivity index (χ0n) is 18.2. The summed E-state index contributed by atoms with van der Waals surface area (Å²) in [5, 5.41) is 11.4. The summed E-state index contributed by atoms with van der Waals surface area (Å²) >= 11 is 0. The van der Waals surface area contributed by atoms with Gasteiger partial charge < -0.3 is 20.3 Å². The molecule has 0 saturated carbocycles. The largest absolute Gasteiger partial charge is 0.377 e. The molecule has 1 aromatic carbocycles. The van der Waals surface area contributed by atoms with E-state index in [0.717, 1.165) is 55.5 Å². The number of nitrogens with zero attached hydrogens (tertiary/aromatic N) is 5. The Morgan fingerprint density at radius 1 is 1.40 bits per heavy atom. The van der Waals surface area contributed by atoms with Gasteiger partial charge in [-0.3, -0.25) is 9.79 Å². The molecule has 1 aliphatic heterocycles. The molecule has 0 spiro atoms. The zero-order valence-corrected chi connectivity index (χ0v) is 18.2. The molecule has 2 aromatic rings. The van der Waals surface area contributed by atoms with E-state index in [1.807, 2.05) is 28.9 Å². The number of aryl methyl sites for hydroxylation is 1. The van der Waals surface area contributed by atoms with E-state index < -0.39 is 0 Å². The van der Waals surface area contributed by atoms with Crippen LogP contribution in [-0.2, 0) is 30.7 Å². The quantitative estimate of drug-likeness (QED) is 0.516. The number of carbonyl (C=O) groups is 1. The summed E-state index contributed by atoms with van der Waals surface area (Å²) in [5.74, 6) is 2.52. The monoisotopic (exact) mass is 413 g/mol. The smallest absolute Gasteiger partial charge is 0.253 e. The maximum Gasteiger partial charge on any atom is 0.253 e. The molecule has 1 unspecified atom stereocenters. The van der Waals surface area contributed by atoms with E-state index in [1.165, 1.54) is 0 Å². The van der Waals surface area contributed by atoms with Crippen LogP contribution in [-0.4, -0.2) is 72.4 Å². The molecule has 9 heteroatoms. The molecule has 162 valence electrons. The third-order valence-electron chi connectivity index (χ3n) is 5.03. The van der Waals surface area contributed by atoms with Crippen LogP contribution in [0, 0.1) is 0 Å². The highest BCUT2D eigenvalue weighted by molar-refractivity contribution is 5.94. The lowest BCUT2D eigenvalue weighted by atomic mass is 10.1. The highest BCUT2D eigenvalue weighted by Gasteiger charge is 2.22. The topological polar surface area (TPSA) is 96.7 Å². The number of aliphatic imine (C=N–C) groups is 1. The molecule has 0 radical (unpaired) electrons. The van der Waals surface area contributed by atoms with Crippen molar-refractivity contribution in [3.63, 3.8) is 0 Å². The molecule has 1 amide bonds. The molecular weight excluding hydrogens is 382 g/mol. The first-order chi connectivity index (χ1) is 14.5. The number of guanidine groups is 1. The summed E-state index contributed by atoms with van der Waals surface area (Å²) in [6.07, 6.45) is 2.64. The third kappa shape index (κ3) is 5.56. The summed E-state index contributed by atoms with van der Waals surface area (Å²) in [6, 6.07) is 8.00. The maximum atomic E-state index is 12.1. The van der Waals surface area contributed by atoms with Gasteiger partial charge in [-0.05, 0) is 30.5 Å². The van der Waals surface area contributed by atoms with E-state index in [1.54, 1.807) is 33.2 Å². The fourth-order valence-corrected chi connectivity index (χ4v) is 3.50. The Morgan fingerprint density at radius 2 is 2.23 bits per heavy atom. The van der Waals surface area contributed by atoms with E-state index in [0.29, 0.717) is 12.2 Å². The molecule has 9 nitrogen and oxygen atoms in total. The number of nitrogens with one attached hydrogen (secondary N) is 2. The highest BCUT2D eigenvalue weighted by atomic mass is 16.5. The number of ether oxygens (including phenoxy) is 1. The summed E-state index contributed by atoms with van der Waals surface area (Å²) in [5.41, 5.74) is 1.82. The first-order valence-corrected chi connectivity index (χ1v) is 10.2. The van der Waals surface area contributed by atoms with E-state index in [4.69, 9.17) is 4.74 Å². The van der Waals surface area contributed by atoms with Crippen LogP contribution in [0.5, 0.6) is 0 Å². The Bertz CT molecular complexity index is 891. The van der Waals surface area contributed by atoms with Gasteiger partial charge in [0.05, 0.1) is 6.54 Å². The number of carbonyl (C=O) groups excluding carboxylic acids is 1. The van der Waals surface area contributed by atoms with Crippen LogP contribution in [0.1, 0.15) is 34.0 Å². The van der Waals surface area contributed by atoms with Crippen molar-refractivity contribution in [3.8, 4) is 0 Å². The summed E-state index contributed by atoms with van der Waals surface area (Å²) in [6.45, 7) is 1.91. The van der Waals surface area contributed by atoms with E-state index in [-0.39, 0.29) is 11.9 Å². The normalized spacial score (nSPS) is 16.1. The van der Waals surface area contributed by atoms with Crippen LogP contribution in [0.2, 0.25) is 0 Å². The average molecular weight is 414 g/mol. The molecule has 3 rings (SSSR count). The molecule has 0 saturated heterocycles. The molecule has 1 aromatic heterocycles. The standard InChI is InChI=1S/C21H31N7O2/c1-22-21(23-11-10-15-6-5-7-16(12-15)20(29)27(2)3)24-17-8-9-19-25-18(14-30-4)26-28(19)13-17/h5-7,12,17H,8-11,13-14H2,1-4H3,(H2,22,23,24). The number of amides is 1. The second-order valence-electron chi connectivity index (χ2n) is 7.59. The molecular formula is C21H31N7O2. The molecule has 2 N–H and O–H groups in total. The third-order valence-corrected chi connectivity index (χ3v) is 5.03. The second kappa shape index (κ2) is 10.2. The minimum Gasteiger partial charge on any atom is -0.377 e. The van der Waals surface area contributed by atoms with Gasteiger partial charge in [0.25, 0.3) is 5.91 Å². The predicted molar refractivity (Wildman–Crippen MR) is 116 cm³/mol. The first-order valence-electron chi connectivity index (χ1n) is 10.2. The first kappa shape index (κ1) is 21.8. The fourth-order valence-electron chi connectivity index (χ4n) is 3.50.